The van der Waals surface area contributed by atoms with Crippen molar-refractivity contribution in [3.05, 3.63) is 29.6 Å². The summed E-state index contributed by atoms with van der Waals surface area (Å²) in [5.41, 5.74) is 6.43. The van der Waals surface area contributed by atoms with Gasteiger partial charge in [0.2, 0.25) is 5.91 Å². The summed E-state index contributed by atoms with van der Waals surface area (Å²) in [6, 6.07) is 4.70. The molecule has 1 rings (SSSR count). The lowest BCUT2D eigenvalue weighted by atomic mass is 10.1. The Morgan fingerprint density at radius 1 is 1.26 bits per heavy atom. The highest BCUT2D eigenvalue weighted by atomic mass is 35.5. The van der Waals surface area contributed by atoms with Gasteiger partial charge in [-0.05, 0) is 38.4 Å². The largest absolute Gasteiger partial charge is 0.330 e. The molecule has 0 aromatic heterocycles. The second kappa shape index (κ2) is 9.75. The van der Waals surface area contributed by atoms with Crippen molar-refractivity contribution in [3.8, 4) is 0 Å². The summed E-state index contributed by atoms with van der Waals surface area (Å²) in [6.45, 7) is 2.36. The smallest absolute Gasteiger partial charge is 0.224 e. The number of anilines is 1. The van der Waals surface area contributed by atoms with Gasteiger partial charge in [0, 0.05) is 17.7 Å². The Morgan fingerprint density at radius 3 is 2.63 bits per heavy atom. The Kier molecular flexibility index (Phi) is 9.17. The fraction of sp³-hybridized carbons (Fsp3) is 0.500. The molecule has 0 atom stereocenters. The van der Waals surface area contributed by atoms with Gasteiger partial charge in [-0.2, -0.15) is 0 Å². The molecule has 1 aromatic carbocycles. The number of nitrogens with two attached hydrogens (primary N) is 1. The van der Waals surface area contributed by atoms with Crippen molar-refractivity contribution >= 4 is 24.0 Å². The highest BCUT2D eigenvalue weighted by molar-refractivity contribution is 5.91. The predicted octanol–water partition coefficient (Wildman–Crippen LogP) is 3.40. The first-order chi connectivity index (χ1) is 8.65. The van der Waals surface area contributed by atoms with Crippen LogP contribution < -0.4 is 11.1 Å². The van der Waals surface area contributed by atoms with Crippen LogP contribution in [0.4, 0.5) is 10.1 Å². The predicted molar refractivity (Wildman–Crippen MR) is 79.2 cm³/mol. The lowest BCUT2D eigenvalue weighted by Crippen LogP contribution is -2.12. The van der Waals surface area contributed by atoms with Crippen LogP contribution in [0.15, 0.2) is 18.2 Å². The molecule has 3 N–H and O–H groups in total. The van der Waals surface area contributed by atoms with Crippen LogP contribution in [0, 0.1) is 12.7 Å². The second-order valence-corrected chi connectivity index (χ2v) is 4.41. The average Bonchev–Trinajstić information content (AvgIpc) is 2.35. The van der Waals surface area contributed by atoms with Crippen molar-refractivity contribution in [3.63, 3.8) is 0 Å². The topological polar surface area (TPSA) is 55.1 Å². The fourth-order valence-electron chi connectivity index (χ4n) is 1.74. The maximum Gasteiger partial charge on any atom is 0.224 e. The number of unbranched alkanes of at least 4 members (excludes halogenated alkanes) is 3. The summed E-state index contributed by atoms with van der Waals surface area (Å²) >= 11 is 0. The number of rotatable bonds is 7. The van der Waals surface area contributed by atoms with E-state index >= 15 is 0 Å². The van der Waals surface area contributed by atoms with E-state index in [0.29, 0.717) is 24.2 Å². The van der Waals surface area contributed by atoms with Crippen molar-refractivity contribution in [2.45, 2.75) is 39.0 Å². The van der Waals surface area contributed by atoms with Gasteiger partial charge < -0.3 is 11.1 Å². The number of hydrogen-bond acceptors (Lipinski definition) is 2. The number of carbonyl (C=O) groups excluding carboxylic acids is 1. The van der Waals surface area contributed by atoms with E-state index in [1.807, 2.05) is 0 Å². The monoisotopic (exact) mass is 288 g/mol. The van der Waals surface area contributed by atoms with Crippen molar-refractivity contribution in [2.75, 3.05) is 11.9 Å². The normalized spacial score (nSPS) is 9.84. The molecule has 0 radical (unpaired) electrons. The van der Waals surface area contributed by atoms with Crippen LogP contribution in [0.1, 0.15) is 37.7 Å². The number of nitrogens with one attached hydrogen (secondary N) is 1. The van der Waals surface area contributed by atoms with E-state index in [1.54, 1.807) is 19.1 Å². The van der Waals surface area contributed by atoms with Crippen LogP contribution in [0.25, 0.3) is 0 Å². The van der Waals surface area contributed by atoms with E-state index in [-0.39, 0.29) is 24.1 Å². The molecule has 0 unspecified atom stereocenters. The highest BCUT2D eigenvalue weighted by Gasteiger charge is 2.06. The van der Waals surface area contributed by atoms with Gasteiger partial charge in [-0.3, -0.25) is 4.79 Å². The maximum absolute atomic E-state index is 13.3. The van der Waals surface area contributed by atoms with Crippen molar-refractivity contribution in [2.24, 2.45) is 5.73 Å². The minimum absolute atomic E-state index is 0. The van der Waals surface area contributed by atoms with Crippen LogP contribution in [-0.2, 0) is 4.79 Å². The zero-order valence-corrected chi connectivity index (χ0v) is 12.1. The summed E-state index contributed by atoms with van der Waals surface area (Å²) in [7, 11) is 0. The maximum atomic E-state index is 13.3. The van der Waals surface area contributed by atoms with Crippen LogP contribution in [0.3, 0.4) is 0 Å². The Labute approximate surface area is 120 Å². The van der Waals surface area contributed by atoms with Crippen LogP contribution >= 0.6 is 12.4 Å². The molecule has 0 aliphatic rings. The van der Waals surface area contributed by atoms with Crippen LogP contribution in [-0.4, -0.2) is 12.5 Å². The van der Waals surface area contributed by atoms with Crippen LogP contribution in [0.2, 0.25) is 0 Å². The highest BCUT2D eigenvalue weighted by Crippen LogP contribution is 2.17. The minimum atomic E-state index is -0.296. The molecular formula is C14H22ClFN2O. The molecule has 0 heterocycles. The molecule has 0 aliphatic carbocycles. The molecule has 19 heavy (non-hydrogen) atoms. The Balaban J connectivity index is 0.00000324. The number of halogens is 2. The summed E-state index contributed by atoms with van der Waals surface area (Å²) in [4.78, 5) is 11.7. The molecule has 0 aliphatic heterocycles. The molecule has 108 valence electrons. The lowest BCUT2D eigenvalue weighted by Gasteiger charge is -2.08. The standard InChI is InChI=1S/C14H21FN2O.ClH/c1-11-12(15)7-6-8-13(11)17-14(18)9-4-2-3-5-10-16;/h6-8H,2-5,9-10,16H2,1H3,(H,17,18);1H. The molecular weight excluding hydrogens is 267 g/mol. The van der Waals surface area contributed by atoms with E-state index < -0.39 is 0 Å². The van der Waals surface area contributed by atoms with E-state index in [0.717, 1.165) is 25.7 Å². The number of benzene rings is 1. The van der Waals surface area contributed by atoms with Gasteiger partial charge in [0.25, 0.3) is 0 Å². The van der Waals surface area contributed by atoms with Gasteiger partial charge in [0.1, 0.15) is 5.82 Å². The molecule has 1 aromatic rings. The number of carbonyl (C=O) groups is 1. The third kappa shape index (κ3) is 6.55. The number of hydrogen-bond donors (Lipinski definition) is 2. The van der Waals surface area contributed by atoms with Gasteiger partial charge in [-0.25, -0.2) is 4.39 Å². The van der Waals surface area contributed by atoms with E-state index in [2.05, 4.69) is 5.32 Å². The molecule has 0 spiro atoms. The first-order valence-corrected chi connectivity index (χ1v) is 6.40. The Hall–Kier alpha value is -1.13. The van der Waals surface area contributed by atoms with E-state index in [1.165, 1.54) is 6.07 Å². The molecule has 3 nitrogen and oxygen atoms in total. The Morgan fingerprint density at radius 2 is 1.95 bits per heavy atom. The Bertz CT molecular complexity index is 399. The number of amides is 1. The minimum Gasteiger partial charge on any atom is -0.330 e. The third-order valence-corrected chi connectivity index (χ3v) is 2.90. The first kappa shape index (κ1) is 17.9. The molecule has 1 amide bonds. The third-order valence-electron chi connectivity index (χ3n) is 2.90. The SMILES string of the molecule is Cc1c(F)cccc1NC(=O)CCCCCCN.Cl. The average molecular weight is 289 g/mol. The fourth-order valence-corrected chi connectivity index (χ4v) is 1.74. The van der Waals surface area contributed by atoms with Crippen LogP contribution in [0.5, 0.6) is 0 Å². The zero-order chi connectivity index (χ0) is 13.4. The van der Waals surface area contributed by atoms with Crippen molar-refractivity contribution < 1.29 is 9.18 Å². The molecule has 5 heteroatoms. The summed E-state index contributed by atoms with van der Waals surface area (Å²) in [5.74, 6) is -0.354. The van der Waals surface area contributed by atoms with Gasteiger partial charge in [-0.15, -0.1) is 12.4 Å². The zero-order valence-electron chi connectivity index (χ0n) is 11.2. The van der Waals surface area contributed by atoms with E-state index in [9.17, 15) is 9.18 Å². The summed E-state index contributed by atoms with van der Waals surface area (Å²) in [5, 5.41) is 2.74. The molecule has 0 saturated carbocycles. The lowest BCUT2D eigenvalue weighted by molar-refractivity contribution is -0.116. The molecule has 0 saturated heterocycles. The van der Waals surface area contributed by atoms with Gasteiger partial charge >= 0.3 is 0 Å². The van der Waals surface area contributed by atoms with Gasteiger partial charge in [-0.1, -0.05) is 18.9 Å². The van der Waals surface area contributed by atoms with E-state index in [4.69, 9.17) is 5.73 Å². The quantitative estimate of drug-likeness (QED) is 0.756. The molecule has 0 bridgehead atoms. The first-order valence-electron chi connectivity index (χ1n) is 6.40. The van der Waals surface area contributed by atoms with Crippen molar-refractivity contribution in [1.29, 1.82) is 0 Å². The van der Waals surface area contributed by atoms with Crippen molar-refractivity contribution in [1.82, 2.24) is 0 Å². The second-order valence-electron chi connectivity index (χ2n) is 4.41. The van der Waals surface area contributed by atoms with Gasteiger partial charge in [0.15, 0.2) is 0 Å². The van der Waals surface area contributed by atoms with Gasteiger partial charge in [0.05, 0.1) is 0 Å². The molecule has 0 fully saturated rings. The summed E-state index contributed by atoms with van der Waals surface area (Å²) in [6.07, 6.45) is 4.39. The summed E-state index contributed by atoms with van der Waals surface area (Å²) < 4.78 is 13.3.